The maximum Gasteiger partial charge on any atom is 0.0898 e. The van der Waals surface area contributed by atoms with E-state index in [9.17, 15) is 0 Å². The molecular weight excluding hydrogens is 228 g/mol. The summed E-state index contributed by atoms with van der Waals surface area (Å²) in [6, 6.07) is 0.484. The second-order valence-corrected chi connectivity index (χ2v) is 6.41. The number of hydrogen-bond donors (Lipinski definition) is 1. The lowest BCUT2D eigenvalue weighted by Crippen LogP contribution is -2.31. The van der Waals surface area contributed by atoms with Gasteiger partial charge in [-0.3, -0.25) is 0 Å². The second kappa shape index (κ2) is 5.96. The molecule has 0 aromatic carbocycles. The molecule has 1 aromatic heterocycles. The average molecular weight is 252 g/mol. The van der Waals surface area contributed by atoms with E-state index >= 15 is 0 Å². The van der Waals surface area contributed by atoms with Gasteiger partial charge in [0.1, 0.15) is 0 Å². The van der Waals surface area contributed by atoms with Crippen LogP contribution in [0.2, 0.25) is 0 Å². The summed E-state index contributed by atoms with van der Waals surface area (Å²) in [4.78, 5) is 4.68. The van der Waals surface area contributed by atoms with E-state index in [4.69, 9.17) is 0 Å². The summed E-state index contributed by atoms with van der Waals surface area (Å²) in [7, 11) is 0. The molecule has 96 valence electrons. The number of nitrogens with zero attached hydrogens (tertiary/aromatic N) is 1. The van der Waals surface area contributed by atoms with E-state index in [2.05, 4.69) is 36.5 Å². The van der Waals surface area contributed by atoms with Crippen molar-refractivity contribution in [1.29, 1.82) is 0 Å². The second-order valence-electron chi connectivity index (χ2n) is 5.35. The van der Waals surface area contributed by atoms with Crippen LogP contribution in [0.3, 0.4) is 0 Å². The van der Waals surface area contributed by atoms with Gasteiger partial charge in [-0.15, -0.1) is 11.3 Å². The van der Waals surface area contributed by atoms with Crippen molar-refractivity contribution in [3.05, 3.63) is 16.1 Å². The largest absolute Gasteiger partial charge is 0.309 e. The molecule has 0 radical (unpaired) electrons. The number of aryl methyl sites for hydroxylation is 1. The van der Waals surface area contributed by atoms with Gasteiger partial charge in [0.25, 0.3) is 0 Å². The molecule has 1 aliphatic rings. The average Bonchev–Trinajstić information content (AvgIpc) is 2.74. The van der Waals surface area contributed by atoms with Crippen LogP contribution in [0.1, 0.15) is 56.3 Å². The molecule has 3 heteroatoms. The van der Waals surface area contributed by atoms with Crippen LogP contribution in [0, 0.1) is 18.8 Å². The van der Waals surface area contributed by atoms with Crippen LogP contribution in [-0.2, 0) is 0 Å². The highest BCUT2D eigenvalue weighted by Gasteiger charge is 2.27. The number of hydrogen-bond acceptors (Lipinski definition) is 3. The third-order valence-corrected chi connectivity index (χ3v) is 4.70. The molecule has 1 N–H and O–H groups in total. The molecule has 2 rings (SSSR count). The number of nitrogens with one attached hydrogen (secondary N) is 1. The van der Waals surface area contributed by atoms with Crippen molar-refractivity contribution in [1.82, 2.24) is 10.3 Å². The number of rotatable bonds is 4. The van der Waals surface area contributed by atoms with Gasteiger partial charge in [-0.05, 0) is 38.1 Å². The number of thiazole rings is 1. The Morgan fingerprint density at radius 1 is 1.41 bits per heavy atom. The highest BCUT2D eigenvalue weighted by Crippen LogP contribution is 2.36. The summed E-state index contributed by atoms with van der Waals surface area (Å²) in [6.07, 6.45) is 5.48. The van der Waals surface area contributed by atoms with E-state index in [1.807, 2.05) is 0 Å². The van der Waals surface area contributed by atoms with Gasteiger partial charge in [-0.1, -0.05) is 26.7 Å². The Morgan fingerprint density at radius 2 is 2.12 bits per heavy atom. The molecule has 17 heavy (non-hydrogen) atoms. The quantitative estimate of drug-likeness (QED) is 0.878. The summed E-state index contributed by atoms with van der Waals surface area (Å²) >= 11 is 1.77. The minimum absolute atomic E-state index is 0.484. The Balaban J connectivity index is 2.06. The third-order valence-electron chi connectivity index (χ3n) is 3.91. The Labute approximate surface area is 109 Å². The van der Waals surface area contributed by atoms with Crippen molar-refractivity contribution >= 4 is 11.3 Å². The molecule has 1 aliphatic carbocycles. The highest BCUT2D eigenvalue weighted by atomic mass is 32.1. The van der Waals surface area contributed by atoms with Crippen molar-refractivity contribution in [2.24, 2.45) is 11.8 Å². The van der Waals surface area contributed by atoms with E-state index in [0.717, 1.165) is 18.4 Å². The van der Waals surface area contributed by atoms with Crippen LogP contribution in [-0.4, -0.2) is 11.5 Å². The summed E-state index contributed by atoms with van der Waals surface area (Å²) in [5.74, 6) is 1.71. The maximum atomic E-state index is 4.68. The first kappa shape index (κ1) is 13.0. The fourth-order valence-corrected chi connectivity index (χ4v) is 3.52. The van der Waals surface area contributed by atoms with Gasteiger partial charge in [-0.25, -0.2) is 4.98 Å². The third kappa shape index (κ3) is 3.29. The lowest BCUT2D eigenvalue weighted by Gasteiger charge is -2.32. The first-order valence-electron chi connectivity index (χ1n) is 6.86. The van der Waals surface area contributed by atoms with Gasteiger partial charge in [0.2, 0.25) is 0 Å². The molecule has 1 fully saturated rings. The van der Waals surface area contributed by atoms with Gasteiger partial charge >= 0.3 is 0 Å². The van der Waals surface area contributed by atoms with Gasteiger partial charge in [-0.2, -0.15) is 0 Å². The summed E-state index contributed by atoms with van der Waals surface area (Å²) in [6.45, 7) is 7.70. The smallest absolute Gasteiger partial charge is 0.0898 e. The molecule has 1 unspecified atom stereocenters. The molecule has 1 heterocycles. The molecule has 0 aliphatic heterocycles. The van der Waals surface area contributed by atoms with Crippen molar-refractivity contribution in [2.75, 3.05) is 6.54 Å². The molecule has 2 nitrogen and oxygen atoms in total. The maximum absolute atomic E-state index is 4.68. The first-order valence-corrected chi connectivity index (χ1v) is 7.74. The predicted molar refractivity (Wildman–Crippen MR) is 74.4 cm³/mol. The SMILES string of the molecule is CCNC(c1csc(C)n1)C1CCC(C)CC1. The lowest BCUT2D eigenvalue weighted by atomic mass is 9.78. The van der Waals surface area contributed by atoms with Crippen LogP contribution in [0.15, 0.2) is 5.38 Å². The standard InChI is InChI=1S/C14H24N2S/c1-4-15-14(13-9-17-11(3)16-13)12-7-5-10(2)6-8-12/h9-10,12,14-15H,4-8H2,1-3H3. The normalized spacial score (nSPS) is 27.0. The van der Waals surface area contributed by atoms with Gasteiger partial charge in [0.05, 0.1) is 16.7 Å². The molecule has 1 saturated carbocycles. The number of aromatic nitrogens is 1. The molecule has 1 atom stereocenters. The fraction of sp³-hybridized carbons (Fsp3) is 0.786. The molecular formula is C14H24N2S. The van der Waals surface area contributed by atoms with Gasteiger partial charge in [0.15, 0.2) is 0 Å². The van der Waals surface area contributed by atoms with Gasteiger partial charge < -0.3 is 5.32 Å². The highest BCUT2D eigenvalue weighted by molar-refractivity contribution is 7.09. The van der Waals surface area contributed by atoms with Crippen LogP contribution < -0.4 is 5.32 Å². The Hall–Kier alpha value is -0.410. The minimum Gasteiger partial charge on any atom is -0.309 e. The Morgan fingerprint density at radius 3 is 2.65 bits per heavy atom. The summed E-state index contributed by atoms with van der Waals surface area (Å²) < 4.78 is 0. The molecule has 0 amide bonds. The Bertz CT molecular complexity index is 340. The van der Waals surface area contributed by atoms with Crippen molar-refractivity contribution < 1.29 is 0 Å². The van der Waals surface area contributed by atoms with Crippen molar-refractivity contribution in [3.8, 4) is 0 Å². The zero-order valence-electron chi connectivity index (χ0n) is 11.2. The predicted octanol–water partition coefficient (Wildman–Crippen LogP) is 3.93. The Kier molecular flexibility index (Phi) is 4.57. The zero-order valence-corrected chi connectivity index (χ0v) is 12.0. The van der Waals surface area contributed by atoms with E-state index < -0.39 is 0 Å². The van der Waals surface area contributed by atoms with Crippen LogP contribution in [0.5, 0.6) is 0 Å². The van der Waals surface area contributed by atoms with E-state index in [1.54, 1.807) is 11.3 Å². The minimum atomic E-state index is 0.484. The van der Waals surface area contributed by atoms with Gasteiger partial charge in [0, 0.05) is 5.38 Å². The zero-order chi connectivity index (χ0) is 12.3. The summed E-state index contributed by atoms with van der Waals surface area (Å²) in [5, 5.41) is 7.06. The van der Waals surface area contributed by atoms with Crippen LogP contribution in [0.25, 0.3) is 0 Å². The van der Waals surface area contributed by atoms with Crippen LogP contribution >= 0.6 is 11.3 Å². The van der Waals surface area contributed by atoms with Crippen molar-refractivity contribution in [3.63, 3.8) is 0 Å². The molecule has 0 bridgehead atoms. The molecule has 1 aromatic rings. The fourth-order valence-electron chi connectivity index (χ4n) is 2.87. The van der Waals surface area contributed by atoms with E-state index in [0.29, 0.717) is 6.04 Å². The monoisotopic (exact) mass is 252 g/mol. The topological polar surface area (TPSA) is 24.9 Å². The lowest BCUT2D eigenvalue weighted by molar-refractivity contribution is 0.231. The molecule has 0 spiro atoms. The van der Waals surface area contributed by atoms with E-state index in [-0.39, 0.29) is 0 Å². The first-order chi connectivity index (χ1) is 8.20. The van der Waals surface area contributed by atoms with Crippen molar-refractivity contribution in [2.45, 2.75) is 52.5 Å². The van der Waals surface area contributed by atoms with E-state index in [1.165, 1.54) is 36.4 Å². The van der Waals surface area contributed by atoms with Crippen LogP contribution in [0.4, 0.5) is 0 Å². The summed E-state index contributed by atoms with van der Waals surface area (Å²) in [5.41, 5.74) is 1.27. The molecule has 0 saturated heterocycles.